The number of aryl methyl sites for hydroxylation is 1. The predicted octanol–water partition coefficient (Wildman–Crippen LogP) is 4.04. The van der Waals surface area contributed by atoms with Gasteiger partial charge in [0.1, 0.15) is 0 Å². The van der Waals surface area contributed by atoms with E-state index in [1.807, 2.05) is 25.1 Å². The molecule has 0 bridgehead atoms. The molecule has 7 nitrogen and oxygen atoms in total. The van der Waals surface area contributed by atoms with Crippen LogP contribution in [0.4, 0.5) is 5.69 Å². The van der Waals surface area contributed by atoms with Gasteiger partial charge in [0.15, 0.2) is 11.0 Å². The van der Waals surface area contributed by atoms with Crippen molar-refractivity contribution in [2.24, 2.45) is 7.05 Å². The quantitative estimate of drug-likeness (QED) is 0.339. The van der Waals surface area contributed by atoms with Crippen LogP contribution in [0.25, 0.3) is 0 Å². The van der Waals surface area contributed by atoms with Crippen molar-refractivity contribution in [1.82, 2.24) is 20.1 Å². The number of anilines is 1. The van der Waals surface area contributed by atoms with Gasteiger partial charge in [0, 0.05) is 16.3 Å². The fourth-order valence-corrected chi connectivity index (χ4v) is 4.21. The van der Waals surface area contributed by atoms with Crippen molar-refractivity contribution in [2.75, 3.05) is 11.1 Å². The van der Waals surface area contributed by atoms with Crippen LogP contribution in [0.2, 0.25) is 5.02 Å². The van der Waals surface area contributed by atoms with Gasteiger partial charge in [-0.1, -0.05) is 35.5 Å². The van der Waals surface area contributed by atoms with E-state index >= 15 is 0 Å². The minimum Gasteiger partial charge on any atom is -0.345 e. The maximum Gasteiger partial charge on any atom is 0.253 e. The Morgan fingerprint density at radius 2 is 1.97 bits per heavy atom. The van der Waals surface area contributed by atoms with E-state index in [1.54, 1.807) is 35.9 Å². The van der Waals surface area contributed by atoms with Crippen molar-refractivity contribution in [3.63, 3.8) is 0 Å². The van der Waals surface area contributed by atoms with Crippen LogP contribution < -0.4 is 10.6 Å². The lowest BCUT2D eigenvalue weighted by Crippen LogP contribution is -2.24. The molecule has 0 aliphatic heterocycles. The van der Waals surface area contributed by atoms with E-state index in [1.165, 1.54) is 11.8 Å². The van der Waals surface area contributed by atoms with Crippen LogP contribution in [-0.2, 0) is 18.4 Å². The van der Waals surface area contributed by atoms with Crippen LogP contribution in [0.5, 0.6) is 0 Å². The van der Waals surface area contributed by atoms with Crippen molar-refractivity contribution >= 4 is 63.5 Å². The standard InChI is InChI=1S/C20H19ClIN5O2S/c1-12-9-13(22)7-8-16(12)24-18(28)11-30-20-26-25-17(27(20)2)10-23-19(29)14-5-3-4-6-15(14)21/h3-9H,10-11H2,1-2H3,(H,23,29)(H,24,28). The Hall–Kier alpha value is -2.11. The smallest absolute Gasteiger partial charge is 0.253 e. The lowest BCUT2D eigenvalue weighted by molar-refractivity contribution is -0.113. The molecule has 2 amide bonds. The molecule has 30 heavy (non-hydrogen) atoms. The third-order valence-electron chi connectivity index (χ3n) is 4.25. The molecule has 2 aromatic carbocycles. The molecule has 1 heterocycles. The molecular weight excluding hydrogens is 537 g/mol. The molecule has 156 valence electrons. The average molecular weight is 556 g/mol. The molecule has 3 aromatic rings. The maximum atomic E-state index is 12.3. The SMILES string of the molecule is Cc1cc(I)ccc1NC(=O)CSc1nnc(CNC(=O)c2ccccc2Cl)n1C. The van der Waals surface area contributed by atoms with Gasteiger partial charge in [0.05, 0.1) is 22.9 Å². The molecule has 0 saturated carbocycles. The van der Waals surface area contributed by atoms with Gasteiger partial charge in [0.2, 0.25) is 5.91 Å². The number of thioether (sulfide) groups is 1. The minimum atomic E-state index is -0.287. The summed E-state index contributed by atoms with van der Waals surface area (Å²) in [5, 5.41) is 14.9. The highest BCUT2D eigenvalue weighted by molar-refractivity contribution is 14.1. The number of hydrogen-bond acceptors (Lipinski definition) is 5. The van der Waals surface area contributed by atoms with Crippen LogP contribution in [0.3, 0.4) is 0 Å². The van der Waals surface area contributed by atoms with E-state index in [0.717, 1.165) is 14.8 Å². The van der Waals surface area contributed by atoms with E-state index in [0.29, 0.717) is 21.6 Å². The molecule has 1 aromatic heterocycles. The highest BCUT2D eigenvalue weighted by Crippen LogP contribution is 2.20. The summed E-state index contributed by atoms with van der Waals surface area (Å²) in [5.41, 5.74) is 2.20. The third kappa shape index (κ3) is 5.73. The minimum absolute atomic E-state index is 0.124. The summed E-state index contributed by atoms with van der Waals surface area (Å²) in [6.07, 6.45) is 0. The summed E-state index contributed by atoms with van der Waals surface area (Å²) < 4.78 is 2.87. The summed E-state index contributed by atoms with van der Waals surface area (Å²) in [5.74, 6) is 0.362. The van der Waals surface area contributed by atoms with Crippen LogP contribution in [0.15, 0.2) is 47.6 Å². The molecule has 10 heteroatoms. The van der Waals surface area contributed by atoms with Crippen LogP contribution in [-0.4, -0.2) is 32.3 Å². The second-order valence-corrected chi connectivity index (χ2v) is 9.01. The van der Waals surface area contributed by atoms with Crippen LogP contribution in [0, 0.1) is 10.5 Å². The van der Waals surface area contributed by atoms with E-state index in [4.69, 9.17) is 11.6 Å². The normalized spacial score (nSPS) is 10.7. The topological polar surface area (TPSA) is 88.9 Å². The largest absolute Gasteiger partial charge is 0.345 e. The number of benzene rings is 2. The molecule has 3 rings (SSSR count). The molecular formula is C20H19ClIN5O2S. The second-order valence-electron chi connectivity index (χ2n) is 6.42. The zero-order chi connectivity index (χ0) is 21.7. The van der Waals surface area contributed by atoms with Gasteiger partial charge in [0.25, 0.3) is 5.91 Å². The molecule has 0 fully saturated rings. The Bertz CT molecular complexity index is 1090. The summed E-state index contributed by atoms with van der Waals surface area (Å²) in [4.78, 5) is 24.6. The number of rotatable bonds is 7. The van der Waals surface area contributed by atoms with Crippen LogP contribution in [0.1, 0.15) is 21.7 Å². The van der Waals surface area contributed by atoms with Gasteiger partial charge < -0.3 is 15.2 Å². The Morgan fingerprint density at radius 3 is 2.70 bits per heavy atom. The Balaban J connectivity index is 1.54. The van der Waals surface area contributed by atoms with Crippen molar-refractivity contribution in [2.45, 2.75) is 18.6 Å². The number of carbonyl (C=O) groups excluding carboxylic acids is 2. The summed E-state index contributed by atoms with van der Waals surface area (Å²) in [7, 11) is 1.79. The Kier molecular flexibility index (Phi) is 7.73. The zero-order valence-electron chi connectivity index (χ0n) is 16.3. The first kappa shape index (κ1) is 22.6. The number of aromatic nitrogens is 3. The van der Waals surface area contributed by atoms with Gasteiger partial charge in [-0.05, 0) is 65.4 Å². The van der Waals surface area contributed by atoms with E-state index in [2.05, 4.69) is 43.4 Å². The predicted molar refractivity (Wildman–Crippen MR) is 127 cm³/mol. The van der Waals surface area contributed by atoms with Gasteiger partial charge in [-0.3, -0.25) is 9.59 Å². The van der Waals surface area contributed by atoms with Gasteiger partial charge in [-0.15, -0.1) is 10.2 Å². The summed E-state index contributed by atoms with van der Waals surface area (Å²) >= 11 is 9.56. The highest BCUT2D eigenvalue weighted by Gasteiger charge is 2.14. The maximum absolute atomic E-state index is 12.3. The molecule has 0 spiro atoms. The monoisotopic (exact) mass is 555 g/mol. The number of halogens is 2. The van der Waals surface area contributed by atoms with Crippen molar-refractivity contribution in [3.8, 4) is 0 Å². The number of nitrogens with one attached hydrogen (secondary N) is 2. The van der Waals surface area contributed by atoms with Gasteiger partial charge in [-0.2, -0.15) is 0 Å². The summed E-state index contributed by atoms with van der Waals surface area (Å²) in [6.45, 7) is 2.15. The second kappa shape index (κ2) is 10.3. The van der Waals surface area contributed by atoms with Crippen LogP contribution >= 0.6 is 46.0 Å². The highest BCUT2D eigenvalue weighted by atomic mass is 127. The Morgan fingerprint density at radius 1 is 1.20 bits per heavy atom. The number of carbonyl (C=O) groups is 2. The number of amides is 2. The van der Waals surface area contributed by atoms with Gasteiger partial charge in [-0.25, -0.2) is 0 Å². The average Bonchev–Trinajstić information content (AvgIpc) is 3.06. The number of hydrogen-bond donors (Lipinski definition) is 2. The van der Waals surface area contributed by atoms with E-state index in [-0.39, 0.29) is 24.1 Å². The fraction of sp³-hybridized carbons (Fsp3) is 0.200. The molecule has 0 unspecified atom stereocenters. The van der Waals surface area contributed by atoms with Crippen molar-refractivity contribution < 1.29 is 9.59 Å². The molecule has 0 saturated heterocycles. The van der Waals surface area contributed by atoms with Gasteiger partial charge >= 0.3 is 0 Å². The lowest BCUT2D eigenvalue weighted by atomic mass is 10.2. The molecule has 0 atom stereocenters. The first-order valence-corrected chi connectivity index (χ1v) is 11.4. The first-order valence-electron chi connectivity index (χ1n) is 8.95. The van der Waals surface area contributed by atoms with E-state index < -0.39 is 0 Å². The summed E-state index contributed by atoms with van der Waals surface area (Å²) in [6, 6.07) is 12.7. The molecule has 0 aliphatic rings. The van der Waals surface area contributed by atoms with E-state index in [9.17, 15) is 9.59 Å². The zero-order valence-corrected chi connectivity index (χ0v) is 20.0. The third-order valence-corrected chi connectivity index (χ3v) is 6.27. The Labute approximate surface area is 197 Å². The van der Waals surface area contributed by atoms with Crippen molar-refractivity contribution in [3.05, 3.63) is 68.0 Å². The van der Waals surface area contributed by atoms with Crippen molar-refractivity contribution in [1.29, 1.82) is 0 Å². The first-order chi connectivity index (χ1) is 14.3. The lowest BCUT2D eigenvalue weighted by Gasteiger charge is -2.09. The molecule has 0 radical (unpaired) electrons. The molecule has 0 aliphatic carbocycles. The molecule has 2 N–H and O–H groups in total. The fourth-order valence-electron chi connectivity index (χ4n) is 2.61. The number of nitrogens with zero attached hydrogens (tertiary/aromatic N) is 3.